The molecule has 0 spiro atoms. The summed E-state index contributed by atoms with van der Waals surface area (Å²) in [4.78, 5) is 41.4. The molecule has 0 atom stereocenters. The maximum atomic E-state index is 12.7. The van der Waals surface area contributed by atoms with Gasteiger partial charge < -0.3 is 20.7 Å². The SMILES string of the molecule is CCOC(=O)c1c(NC(=O)CN2CCN(c3ccccc3C)CC2)sc(C(N)=O)c1C. The van der Waals surface area contributed by atoms with E-state index in [0.717, 1.165) is 37.5 Å². The number of amides is 2. The fourth-order valence-corrected chi connectivity index (χ4v) is 4.78. The van der Waals surface area contributed by atoms with Crippen molar-refractivity contribution in [1.29, 1.82) is 0 Å². The Balaban J connectivity index is 1.64. The van der Waals surface area contributed by atoms with Crippen LogP contribution in [0.4, 0.5) is 10.7 Å². The van der Waals surface area contributed by atoms with Crippen molar-refractivity contribution in [2.24, 2.45) is 5.73 Å². The van der Waals surface area contributed by atoms with Gasteiger partial charge in [-0.2, -0.15) is 0 Å². The fourth-order valence-electron chi connectivity index (χ4n) is 3.72. The molecule has 3 N–H and O–H groups in total. The second kappa shape index (κ2) is 9.93. The van der Waals surface area contributed by atoms with Gasteiger partial charge in [0.1, 0.15) is 5.00 Å². The molecule has 166 valence electrons. The Bertz CT molecular complexity index is 980. The highest BCUT2D eigenvalue weighted by Gasteiger charge is 2.26. The van der Waals surface area contributed by atoms with E-state index < -0.39 is 11.9 Å². The van der Waals surface area contributed by atoms with Crippen molar-refractivity contribution in [3.8, 4) is 0 Å². The summed E-state index contributed by atoms with van der Waals surface area (Å²) >= 11 is 1.00. The summed E-state index contributed by atoms with van der Waals surface area (Å²) in [6.45, 7) is 8.98. The molecule has 0 radical (unpaired) electrons. The van der Waals surface area contributed by atoms with Crippen LogP contribution in [-0.4, -0.2) is 62.0 Å². The lowest BCUT2D eigenvalue weighted by molar-refractivity contribution is -0.117. The predicted molar refractivity (Wildman–Crippen MR) is 122 cm³/mol. The number of benzene rings is 1. The van der Waals surface area contributed by atoms with Gasteiger partial charge in [-0.15, -0.1) is 11.3 Å². The molecule has 31 heavy (non-hydrogen) atoms. The normalized spacial score (nSPS) is 14.4. The summed E-state index contributed by atoms with van der Waals surface area (Å²) in [6, 6.07) is 8.27. The van der Waals surface area contributed by atoms with Gasteiger partial charge in [0, 0.05) is 31.9 Å². The number of carbonyl (C=O) groups excluding carboxylic acids is 3. The van der Waals surface area contributed by atoms with E-state index >= 15 is 0 Å². The number of nitrogens with two attached hydrogens (primary N) is 1. The average molecular weight is 445 g/mol. The van der Waals surface area contributed by atoms with Crippen LogP contribution in [0.2, 0.25) is 0 Å². The summed E-state index contributed by atoms with van der Waals surface area (Å²) in [6.07, 6.45) is 0. The van der Waals surface area contributed by atoms with E-state index in [1.807, 2.05) is 12.1 Å². The number of nitrogens with one attached hydrogen (secondary N) is 1. The highest BCUT2D eigenvalue weighted by atomic mass is 32.1. The van der Waals surface area contributed by atoms with Crippen LogP contribution in [-0.2, 0) is 9.53 Å². The summed E-state index contributed by atoms with van der Waals surface area (Å²) in [7, 11) is 0. The number of ether oxygens (including phenoxy) is 1. The number of carbonyl (C=O) groups is 3. The summed E-state index contributed by atoms with van der Waals surface area (Å²) in [5.41, 5.74) is 8.49. The van der Waals surface area contributed by atoms with Gasteiger partial charge in [0.2, 0.25) is 5.91 Å². The van der Waals surface area contributed by atoms with Crippen molar-refractivity contribution >= 4 is 39.8 Å². The van der Waals surface area contributed by atoms with Crippen LogP contribution in [0.1, 0.15) is 38.1 Å². The lowest BCUT2D eigenvalue weighted by atomic mass is 10.1. The standard InChI is InChI=1S/C22H28N4O4S/c1-4-30-22(29)18-15(3)19(20(23)28)31-21(18)24-17(27)13-25-9-11-26(12-10-25)16-8-6-5-7-14(16)2/h5-8H,4,9-13H2,1-3H3,(H2,23,28)(H,24,27). The minimum absolute atomic E-state index is 0.193. The molecule has 1 fully saturated rings. The molecule has 2 heterocycles. The highest BCUT2D eigenvalue weighted by Crippen LogP contribution is 2.33. The van der Waals surface area contributed by atoms with Crippen LogP contribution in [0.25, 0.3) is 0 Å². The van der Waals surface area contributed by atoms with Gasteiger partial charge in [0.05, 0.1) is 23.6 Å². The first-order valence-corrected chi connectivity index (χ1v) is 11.1. The molecular formula is C22H28N4O4S. The van der Waals surface area contributed by atoms with E-state index in [-0.39, 0.29) is 29.5 Å². The third-order valence-corrected chi connectivity index (χ3v) is 6.52. The first-order valence-electron chi connectivity index (χ1n) is 10.2. The first-order chi connectivity index (χ1) is 14.8. The van der Waals surface area contributed by atoms with Crippen LogP contribution >= 0.6 is 11.3 Å². The second-order valence-corrected chi connectivity index (χ2v) is 8.46. The number of esters is 1. The Kier molecular flexibility index (Phi) is 7.29. The highest BCUT2D eigenvalue weighted by molar-refractivity contribution is 7.18. The van der Waals surface area contributed by atoms with Crippen molar-refractivity contribution in [3.63, 3.8) is 0 Å². The molecule has 1 aliphatic rings. The van der Waals surface area contributed by atoms with Gasteiger partial charge in [-0.25, -0.2) is 4.79 Å². The van der Waals surface area contributed by atoms with Gasteiger partial charge in [-0.05, 0) is 38.0 Å². The van der Waals surface area contributed by atoms with Crippen molar-refractivity contribution in [2.45, 2.75) is 20.8 Å². The molecule has 0 bridgehead atoms. The number of piperazine rings is 1. The zero-order chi connectivity index (χ0) is 22.5. The number of rotatable bonds is 7. The Morgan fingerprint density at radius 2 is 1.81 bits per heavy atom. The number of aryl methyl sites for hydroxylation is 1. The molecule has 0 unspecified atom stereocenters. The monoisotopic (exact) mass is 444 g/mol. The molecule has 9 heteroatoms. The molecule has 2 aromatic rings. The molecule has 2 amide bonds. The maximum absolute atomic E-state index is 12.7. The smallest absolute Gasteiger partial charge is 0.341 e. The molecule has 1 aromatic carbocycles. The van der Waals surface area contributed by atoms with Gasteiger partial charge >= 0.3 is 5.97 Å². The fraction of sp³-hybridized carbons (Fsp3) is 0.409. The van der Waals surface area contributed by atoms with Gasteiger partial charge in [-0.1, -0.05) is 18.2 Å². The first kappa shape index (κ1) is 22.8. The minimum atomic E-state index is -0.638. The Hall–Kier alpha value is -2.91. The number of hydrogen-bond acceptors (Lipinski definition) is 7. The number of anilines is 2. The number of nitrogens with zero attached hydrogens (tertiary/aromatic N) is 2. The Labute approximate surface area is 186 Å². The van der Waals surface area contributed by atoms with Crippen molar-refractivity contribution < 1.29 is 19.1 Å². The molecule has 3 rings (SSSR count). The lowest BCUT2D eigenvalue weighted by Gasteiger charge is -2.36. The molecule has 0 aliphatic carbocycles. The predicted octanol–water partition coefficient (Wildman–Crippen LogP) is 2.40. The van der Waals surface area contributed by atoms with E-state index in [1.165, 1.54) is 11.3 Å². The van der Waals surface area contributed by atoms with Gasteiger partial charge in [-0.3, -0.25) is 14.5 Å². The van der Waals surface area contributed by atoms with E-state index in [1.54, 1.807) is 13.8 Å². The minimum Gasteiger partial charge on any atom is -0.462 e. The lowest BCUT2D eigenvalue weighted by Crippen LogP contribution is -2.48. The summed E-state index contributed by atoms with van der Waals surface area (Å²) in [5, 5.41) is 3.08. The quantitative estimate of drug-likeness (QED) is 0.636. The summed E-state index contributed by atoms with van der Waals surface area (Å²) < 4.78 is 5.09. The molecule has 1 aromatic heterocycles. The molecule has 0 saturated carbocycles. The van der Waals surface area contributed by atoms with Crippen LogP contribution in [0.15, 0.2) is 24.3 Å². The maximum Gasteiger partial charge on any atom is 0.341 e. The second-order valence-electron chi connectivity index (χ2n) is 7.44. The van der Waals surface area contributed by atoms with Crippen LogP contribution in [0, 0.1) is 13.8 Å². The van der Waals surface area contributed by atoms with Crippen molar-refractivity contribution in [3.05, 3.63) is 45.8 Å². The third kappa shape index (κ3) is 5.23. The molecule has 1 saturated heterocycles. The van der Waals surface area contributed by atoms with E-state index in [9.17, 15) is 14.4 Å². The van der Waals surface area contributed by atoms with E-state index in [0.29, 0.717) is 10.6 Å². The third-order valence-electron chi connectivity index (χ3n) is 5.30. The van der Waals surface area contributed by atoms with Gasteiger partial charge in [0.15, 0.2) is 0 Å². The number of primary amides is 1. The average Bonchev–Trinajstić information content (AvgIpc) is 3.05. The zero-order valence-electron chi connectivity index (χ0n) is 18.1. The van der Waals surface area contributed by atoms with Crippen molar-refractivity contribution in [1.82, 2.24) is 4.90 Å². The molecule has 8 nitrogen and oxygen atoms in total. The molecular weight excluding hydrogens is 416 g/mol. The van der Waals surface area contributed by atoms with Crippen molar-refractivity contribution in [2.75, 3.05) is 49.5 Å². The molecule has 1 aliphatic heterocycles. The summed E-state index contributed by atoms with van der Waals surface area (Å²) in [5.74, 6) is -1.46. The van der Waals surface area contributed by atoms with E-state index in [4.69, 9.17) is 10.5 Å². The number of para-hydroxylation sites is 1. The van der Waals surface area contributed by atoms with Crippen LogP contribution in [0.5, 0.6) is 0 Å². The van der Waals surface area contributed by atoms with Crippen LogP contribution < -0.4 is 16.0 Å². The van der Waals surface area contributed by atoms with Gasteiger partial charge in [0.25, 0.3) is 5.91 Å². The number of hydrogen-bond donors (Lipinski definition) is 2. The Morgan fingerprint density at radius 1 is 1.13 bits per heavy atom. The largest absolute Gasteiger partial charge is 0.462 e. The number of thiophene rings is 1. The zero-order valence-corrected chi connectivity index (χ0v) is 18.9. The topological polar surface area (TPSA) is 105 Å². The van der Waals surface area contributed by atoms with E-state index in [2.05, 4.69) is 34.2 Å². The van der Waals surface area contributed by atoms with Crippen LogP contribution in [0.3, 0.4) is 0 Å². The Morgan fingerprint density at radius 3 is 2.42 bits per heavy atom.